The average molecular weight is 966 g/mol. The van der Waals surface area contributed by atoms with Gasteiger partial charge in [0.15, 0.2) is 0 Å². The van der Waals surface area contributed by atoms with Crippen molar-refractivity contribution in [3.63, 3.8) is 0 Å². The van der Waals surface area contributed by atoms with Gasteiger partial charge in [-0.3, -0.25) is 4.79 Å². The van der Waals surface area contributed by atoms with E-state index in [9.17, 15) is 9.90 Å². The summed E-state index contributed by atoms with van der Waals surface area (Å²) in [5, 5.41) is 32.0. The van der Waals surface area contributed by atoms with Crippen LogP contribution >= 0.6 is 0 Å². The van der Waals surface area contributed by atoms with Crippen LogP contribution in [-0.2, 0) is 20.1 Å². The normalized spacial score (nSPS) is 10.9. The molecule has 10 rings (SSSR count). The molecular weight excluding hydrogens is 929 g/mol. The Morgan fingerprint density at radius 1 is 0.500 bits per heavy atom. The quantitative estimate of drug-likeness (QED) is 0.0555. The van der Waals surface area contributed by atoms with E-state index in [1.54, 1.807) is 48.1 Å². The molecule has 2 heterocycles. The van der Waals surface area contributed by atoms with Crippen molar-refractivity contribution >= 4 is 55.2 Å². The van der Waals surface area contributed by atoms with Gasteiger partial charge in [0, 0.05) is 17.1 Å². The number of hydrogen-bond acceptors (Lipinski definition) is 7. The summed E-state index contributed by atoms with van der Waals surface area (Å²) in [6.45, 7) is 0. The first kappa shape index (κ1) is 40.7. The fraction of sp³-hybridized carbons (Fsp3) is 0.0408. The smallest absolute Gasteiger partial charge is 0.350 e. The number of aromatic nitrogens is 6. The van der Waals surface area contributed by atoms with Crippen LogP contribution in [0, 0.1) is 12.1 Å². The minimum atomic E-state index is 0. The van der Waals surface area contributed by atoms with E-state index in [0.717, 1.165) is 66.5 Å². The van der Waals surface area contributed by atoms with Crippen molar-refractivity contribution in [3.8, 4) is 22.9 Å². The topological polar surface area (TPSA) is 122 Å². The van der Waals surface area contributed by atoms with Crippen LogP contribution in [0.1, 0.15) is 11.1 Å². The molecule has 10 aromatic rings. The van der Waals surface area contributed by atoms with Crippen molar-refractivity contribution in [1.29, 1.82) is 0 Å². The number of nitrogens with zero attached hydrogens (tertiary/aromatic N) is 6. The maximum absolute atomic E-state index is 9.83. The van der Waals surface area contributed by atoms with Gasteiger partial charge in [0.1, 0.15) is 27.8 Å². The number of rotatable bonds is 7. The number of aliphatic hydroxyl groups is 1. The Hall–Kier alpha value is -7.46. The largest absolute Gasteiger partial charge is 3.00 e. The Morgan fingerprint density at radius 3 is 1.22 bits per heavy atom. The van der Waals surface area contributed by atoms with Crippen molar-refractivity contribution in [2.45, 2.75) is 0 Å². The number of carbonyl (C=O) groups excluding carboxylic acids is 1. The molecule has 0 radical (unpaired) electrons. The van der Waals surface area contributed by atoms with Crippen molar-refractivity contribution in [2.75, 3.05) is 14.2 Å². The predicted molar refractivity (Wildman–Crippen MR) is 233 cm³/mol. The Bertz CT molecular complexity index is 2850. The maximum atomic E-state index is 9.83. The zero-order valence-corrected chi connectivity index (χ0v) is 34.9. The van der Waals surface area contributed by atoms with Crippen molar-refractivity contribution in [3.05, 3.63) is 199 Å². The van der Waals surface area contributed by atoms with E-state index in [1.807, 2.05) is 146 Å². The summed E-state index contributed by atoms with van der Waals surface area (Å²) in [6, 6.07) is 60.0. The van der Waals surface area contributed by atoms with E-state index in [4.69, 9.17) is 9.47 Å². The van der Waals surface area contributed by atoms with Crippen LogP contribution in [0.25, 0.3) is 60.7 Å². The molecule has 300 valence electrons. The zero-order valence-electron chi connectivity index (χ0n) is 32.5. The molecule has 8 aromatic carbocycles. The predicted octanol–water partition coefficient (Wildman–Crippen LogP) is 9.94. The van der Waals surface area contributed by atoms with Gasteiger partial charge in [-0.1, -0.05) is 131 Å². The third-order valence-corrected chi connectivity index (χ3v) is 9.40. The number of allylic oxidation sites excluding steroid dienone is 1. The maximum Gasteiger partial charge on any atom is 0.350 e. The standard InChI is InChI=1S/2C17H12N3O.C15H12O2.Ir/c2*1-21-17-11-10-16(12-6-2-3-7-13(12)17)20-18-14-8-4-5-9-15(14)19-20;16-14(12-7-3-1-4-8-12)11-15(17)13-9-5-2-6-10-13;/h2*2-9,11H,1H3;1-11,16H;/q2*-1;;-3/p+1. The van der Waals surface area contributed by atoms with Gasteiger partial charge in [-0.25, -0.2) is 0 Å². The molecule has 0 fully saturated rings. The molecule has 0 aliphatic carbocycles. The molecule has 2 aromatic heterocycles. The average Bonchev–Trinajstić information content (AvgIpc) is 3.94. The molecule has 10 nitrogen and oxygen atoms in total. The number of benzene rings is 8. The molecule has 0 amide bonds. The Balaban J connectivity index is 0.000000136. The monoisotopic (exact) mass is 966 g/mol. The molecule has 0 aliphatic rings. The molecule has 60 heavy (non-hydrogen) atoms. The van der Waals surface area contributed by atoms with Crippen molar-refractivity contribution < 1.29 is 39.5 Å². The summed E-state index contributed by atoms with van der Waals surface area (Å²) in [5.74, 6) is 1.69. The van der Waals surface area contributed by atoms with Gasteiger partial charge < -0.3 is 34.7 Å². The van der Waals surface area contributed by atoms with Gasteiger partial charge in [-0.05, 0) is 47.8 Å². The fourth-order valence-electron chi connectivity index (χ4n) is 6.49. The zero-order chi connectivity index (χ0) is 40.6. The molecule has 0 atom stereocenters. The van der Waals surface area contributed by atoms with Crippen LogP contribution in [0.3, 0.4) is 0 Å². The molecule has 0 aliphatic heterocycles. The number of methoxy groups -OCH3 is 2. The first-order chi connectivity index (χ1) is 29.0. The molecule has 0 spiro atoms. The van der Waals surface area contributed by atoms with E-state index in [0.29, 0.717) is 11.1 Å². The van der Waals surface area contributed by atoms with E-state index in [2.05, 4.69) is 32.5 Å². The van der Waals surface area contributed by atoms with E-state index < -0.39 is 0 Å². The summed E-state index contributed by atoms with van der Waals surface area (Å²) in [6.07, 6.45) is 1.35. The summed E-state index contributed by atoms with van der Waals surface area (Å²) < 4.78 is 10.8. The van der Waals surface area contributed by atoms with Gasteiger partial charge >= 0.3 is 5.78 Å². The van der Waals surface area contributed by atoms with Gasteiger partial charge in [0.25, 0.3) is 0 Å². The van der Waals surface area contributed by atoms with Crippen LogP contribution < -0.4 is 9.47 Å². The second-order valence-corrected chi connectivity index (χ2v) is 13.1. The fourth-order valence-corrected chi connectivity index (χ4v) is 6.49. The Morgan fingerprint density at radius 2 is 0.833 bits per heavy atom. The van der Waals surface area contributed by atoms with Crippen LogP contribution in [-0.4, -0.2) is 59.9 Å². The first-order valence-electron chi connectivity index (χ1n) is 18.7. The SMILES string of the molecule is COc1c[c-]c(-n2nc3ccccc3n2)c2ccccc12.COc1c[c-]c(-n2nc3ccccc3n2)c2ccccc12.OC(=CC(=[OH+])c1ccccc1)c1ccccc1.[Ir-3]. The van der Waals surface area contributed by atoms with Gasteiger partial charge in [-0.15, -0.1) is 24.3 Å². The number of ketones is 1. The summed E-state index contributed by atoms with van der Waals surface area (Å²) in [4.78, 5) is 13.1. The second-order valence-electron chi connectivity index (χ2n) is 13.1. The van der Waals surface area contributed by atoms with Crippen molar-refractivity contribution in [2.24, 2.45) is 0 Å². The molecule has 11 heteroatoms. The van der Waals surface area contributed by atoms with Crippen LogP contribution in [0.15, 0.2) is 176 Å². The minimum Gasteiger partial charge on any atom is -3.00 e. The van der Waals surface area contributed by atoms with Crippen LogP contribution in [0.4, 0.5) is 0 Å². The summed E-state index contributed by atoms with van der Waals surface area (Å²) in [7, 11) is 3.32. The van der Waals surface area contributed by atoms with E-state index in [-0.39, 0.29) is 31.6 Å². The number of fused-ring (bicyclic) bond motifs is 4. The summed E-state index contributed by atoms with van der Waals surface area (Å²) >= 11 is 0. The molecule has 0 saturated carbocycles. The van der Waals surface area contributed by atoms with Crippen molar-refractivity contribution in [1.82, 2.24) is 30.0 Å². The number of aliphatic hydroxyl groups excluding tert-OH is 1. The second kappa shape index (κ2) is 18.9. The van der Waals surface area contributed by atoms with Gasteiger partial charge in [0.2, 0.25) is 0 Å². The van der Waals surface area contributed by atoms with Crippen LogP contribution in [0.2, 0.25) is 0 Å². The van der Waals surface area contributed by atoms with Crippen LogP contribution in [0.5, 0.6) is 11.5 Å². The number of ether oxygens (including phenoxy) is 2. The third kappa shape index (κ3) is 8.83. The molecule has 0 bridgehead atoms. The van der Waals surface area contributed by atoms with E-state index >= 15 is 0 Å². The summed E-state index contributed by atoms with van der Waals surface area (Å²) in [5.41, 5.74) is 6.46. The molecule has 0 unspecified atom stereocenters. The molecule has 2 N–H and O–H groups in total. The van der Waals surface area contributed by atoms with E-state index in [1.165, 1.54) is 6.08 Å². The van der Waals surface area contributed by atoms with Gasteiger partial charge in [-0.2, -0.15) is 42.1 Å². The Kier molecular flexibility index (Phi) is 12.8. The molecule has 0 saturated heterocycles. The minimum absolute atomic E-state index is 0. The third-order valence-electron chi connectivity index (χ3n) is 9.40. The Labute approximate surface area is 359 Å². The number of hydrogen-bond donors (Lipinski definition) is 1. The molecular formula is C49H37IrN6O4-4. The first-order valence-corrected chi connectivity index (χ1v) is 18.7. The van der Waals surface area contributed by atoms with Gasteiger partial charge in [0.05, 0.1) is 25.9 Å².